The number of rotatable bonds is 8. The van der Waals surface area contributed by atoms with Gasteiger partial charge in [0.25, 0.3) is 0 Å². The minimum absolute atomic E-state index is 0.0553. The van der Waals surface area contributed by atoms with E-state index >= 15 is 0 Å². The fraction of sp³-hybridized carbons (Fsp3) is 0.192. The summed E-state index contributed by atoms with van der Waals surface area (Å²) in [7, 11) is 3.00. The lowest BCUT2D eigenvalue weighted by Gasteiger charge is -2.35. The average molecular weight is 512 g/mol. The minimum atomic E-state index is -1.25. The lowest BCUT2D eigenvalue weighted by Crippen LogP contribution is -2.33. The Bertz CT molecular complexity index is 1290. The predicted octanol–water partition coefficient (Wildman–Crippen LogP) is 4.94. The minimum Gasteiger partial charge on any atom is -0.495 e. The van der Waals surface area contributed by atoms with Crippen LogP contribution in [0.15, 0.2) is 60.7 Å². The van der Waals surface area contributed by atoms with Gasteiger partial charge in [0.2, 0.25) is 11.8 Å². The van der Waals surface area contributed by atoms with Gasteiger partial charge in [-0.05, 0) is 29.8 Å². The van der Waals surface area contributed by atoms with Crippen LogP contribution in [0.4, 0.5) is 5.69 Å². The van der Waals surface area contributed by atoms with Crippen LogP contribution < -0.4 is 15.8 Å². The van der Waals surface area contributed by atoms with Crippen LogP contribution in [-0.4, -0.2) is 31.9 Å². The maximum absolute atomic E-state index is 12.4. The van der Waals surface area contributed by atoms with Crippen LogP contribution >= 0.6 is 23.2 Å². The molecule has 1 unspecified atom stereocenters. The molecule has 180 valence electrons. The molecular weight excluding hydrogens is 489 g/mol. The molecular formula is C26H23Cl2N3O4. The van der Waals surface area contributed by atoms with Crippen LogP contribution in [0.3, 0.4) is 0 Å². The average Bonchev–Trinajstić information content (AvgIpc) is 2.86. The molecule has 0 aromatic heterocycles. The molecule has 3 rings (SSSR count). The summed E-state index contributed by atoms with van der Waals surface area (Å²) in [5.74, 6) is -0.569. The summed E-state index contributed by atoms with van der Waals surface area (Å²) in [4.78, 5) is 24.7. The monoisotopic (exact) mass is 511 g/mol. The number of hydrogen-bond donors (Lipinski definition) is 2. The molecule has 7 nitrogen and oxygen atoms in total. The van der Waals surface area contributed by atoms with Crippen molar-refractivity contribution in [2.24, 2.45) is 5.73 Å². The van der Waals surface area contributed by atoms with E-state index in [0.29, 0.717) is 10.8 Å². The van der Waals surface area contributed by atoms with Crippen LogP contribution in [-0.2, 0) is 15.1 Å². The zero-order valence-electron chi connectivity index (χ0n) is 19.1. The van der Waals surface area contributed by atoms with Crippen LogP contribution in [0.2, 0.25) is 5.02 Å². The summed E-state index contributed by atoms with van der Waals surface area (Å²) in [6, 6.07) is 10.4. The largest absolute Gasteiger partial charge is 0.495 e. The van der Waals surface area contributed by atoms with Gasteiger partial charge >= 0.3 is 0 Å². The number of primary amides is 1. The number of nitrogens with one attached hydrogen (secondary N) is 1. The van der Waals surface area contributed by atoms with Crippen molar-refractivity contribution in [1.29, 1.82) is 5.26 Å². The van der Waals surface area contributed by atoms with Gasteiger partial charge in [0, 0.05) is 42.2 Å². The van der Waals surface area contributed by atoms with Crippen molar-refractivity contribution in [2.45, 2.75) is 12.0 Å². The number of halogens is 2. The topological polar surface area (TPSA) is 114 Å². The number of hydrogen-bond acceptors (Lipinski definition) is 5. The second-order valence-electron chi connectivity index (χ2n) is 7.57. The Kier molecular flexibility index (Phi) is 8.36. The molecule has 1 aliphatic carbocycles. The predicted molar refractivity (Wildman–Crippen MR) is 137 cm³/mol. The second-order valence-corrected chi connectivity index (χ2v) is 8.29. The molecule has 0 aliphatic heterocycles. The number of nitriles is 1. The van der Waals surface area contributed by atoms with Crippen LogP contribution in [0.5, 0.6) is 5.75 Å². The van der Waals surface area contributed by atoms with E-state index in [-0.39, 0.29) is 34.7 Å². The van der Waals surface area contributed by atoms with E-state index in [9.17, 15) is 14.9 Å². The van der Waals surface area contributed by atoms with Crippen LogP contribution in [0.1, 0.15) is 33.5 Å². The third-order valence-corrected chi connectivity index (χ3v) is 6.10. The van der Waals surface area contributed by atoms with Gasteiger partial charge in [-0.25, -0.2) is 0 Å². The first-order chi connectivity index (χ1) is 16.8. The van der Waals surface area contributed by atoms with Gasteiger partial charge in [0.05, 0.1) is 23.4 Å². The molecule has 0 saturated heterocycles. The first-order valence-corrected chi connectivity index (χ1v) is 11.4. The molecule has 0 bridgehead atoms. The van der Waals surface area contributed by atoms with Gasteiger partial charge in [-0.3, -0.25) is 9.59 Å². The number of nitrogens with two attached hydrogens (primary N) is 1. The fourth-order valence-corrected chi connectivity index (χ4v) is 4.42. The normalized spacial score (nSPS) is 17.1. The number of carbonyl (C=O) groups is 2. The van der Waals surface area contributed by atoms with Gasteiger partial charge in [0.15, 0.2) is 0 Å². The van der Waals surface area contributed by atoms with E-state index in [1.165, 1.54) is 38.5 Å². The first-order valence-electron chi connectivity index (χ1n) is 10.5. The molecule has 2 amide bonds. The number of benzene rings is 2. The van der Waals surface area contributed by atoms with E-state index in [0.717, 1.165) is 11.1 Å². The third kappa shape index (κ3) is 5.25. The molecule has 35 heavy (non-hydrogen) atoms. The summed E-state index contributed by atoms with van der Waals surface area (Å²) < 4.78 is 11.5. The van der Waals surface area contributed by atoms with E-state index in [1.54, 1.807) is 24.3 Å². The zero-order chi connectivity index (χ0) is 25.6. The summed E-state index contributed by atoms with van der Waals surface area (Å²) in [5.41, 5.74) is 6.59. The number of amides is 2. The van der Waals surface area contributed by atoms with Crippen molar-refractivity contribution in [1.82, 2.24) is 0 Å². The number of para-hydroxylation sites is 1. The molecule has 2 aromatic rings. The Morgan fingerprint density at radius 1 is 1.29 bits per heavy atom. The molecule has 0 radical (unpaired) electrons. The fourth-order valence-electron chi connectivity index (χ4n) is 4.08. The van der Waals surface area contributed by atoms with Crippen molar-refractivity contribution in [3.63, 3.8) is 0 Å². The van der Waals surface area contributed by atoms with E-state index in [1.807, 2.05) is 12.1 Å². The van der Waals surface area contributed by atoms with Gasteiger partial charge in [-0.15, -0.1) is 11.6 Å². The molecule has 2 aromatic carbocycles. The van der Waals surface area contributed by atoms with Crippen molar-refractivity contribution in [2.75, 3.05) is 25.4 Å². The molecule has 0 heterocycles. The highest BCUT2D eigenvalue weighted by Gasteiger charge is 2.39. The zero-order valence-corrected chi connectivity index (χ0v) is 20.6. The van der Waals surface area contributed by atoms with Crippen LogP contribution in [0, 0.1) is 11.3 Å². The number of allylic oxidation sites excluding steroid dienone is 3. The lowest BCUT2D eigenvalue weighted by atomic mass is 9.77. The van der Waals surface area contributed by atoms with Crippen molar-refractivity contribution in [3.05, 3.63) is 88.0 Å². The van der Waals surface area contributed by atoms with Crippen molar-refractivity contribution < 1.29 is 19.1 Å². The Labute approximate surface area is 213 Å². The molecule has 1 atom stereocenters. The summed E-state index contributed by atoms with van der Waals surface area (Å²) in [6.45, 7) is 0. The maximum atomic E-state index is 12.4. The van der Waals surface area contributed by atoms with E-state index in [4.69, 9.17) is 38.4 Å². The molecule has 9 heteroatoms. The third-order valence-electron chi connectivity index (χ3n) is 5.62. The highest BCUT2D eigenvalue weighted by Crippen LogP contribution is 2.46. The van der Waals surface area contributed by atoms with Crippen molar-refractivity contribution in [3.8, 4) is 11.8 Å². The molecule has 0 spiro atoms. The summed E-state index contributed by atoms with van der Waals surface area (Å²) in [6.07, 6.45) is 8.35. The first kappa shape index (κ1) is 26.0. The van der Waals surface area contributed by atoms with Crippen molar-refractivity contribution >= 4 is 46.3 Å². The lowest BCUT2D eigenvalue weighted by molar-refractivity contribution is -0.111. The molecule has 0 fully saturated rings. The van der Waals surface area contributed by atoms with Gasteiger partial charge in [-0.2, -0.15) is 5.26 Å². The van der Waals surface area contributed by atoms with Gasteiger partial charge < -0.3 is 20.5 Å². The Morgan fingerprint density at radius 3 is 2.69 bits per heavy atom. The number of anilines is 1. The number of nitrogens with zero attached hydrogens (tertiary/aromatic N) is 1. The summed E-state index contributed by atoms with van der Waals surface area (Å²) in [5, 5.41) is 13.2. The Balaban J connectivity index is 2.19. The van der Waals surface area contributed by atoms with Crippen LogP contribution in [0.25, 0.3) is 5.57 Å². The second kappa shape index (κ2) is 11.2. The molecule has 0 saturated carbocycles. The quantitative estimate of drug-likeness (QED) is 0.384. The summed E-state index contributed by atoms with van der Waals surface area (Å²) >= 11 is 11.9. The van der Waals surface area contributed by atoms with Gasteiger partial charge in [-0.1, -0.05) is 42.0 Å². The maximum Gasteiger partial charge on any atom is 0.249 e. The number of alkyl halides is 1. The standard InChI is InChI=1S/C26H23Cl2N3O4/c1-34-24-17(7-3-8-20(24)28)16-6-4-12-26(14-16,35-2)23-18(25(30)33)10-11-21(19(23)15-29)31-22(32)9-5-13-27/h3-12H,13-14H2,1-2H3,(H2,30,33)(H,31,32). The molecule has 3 N–H and O–H groups in total. The SMILES string of the molecule is COc1c(Cl)cccc1C1=CC=CC(OC)(c2c(C(N)=O)ccc(NC(=O)C=CCCl)c2C#N)C1. The van der Waals surface area contributed by atoms with Gasteiger partial charge in [0.1, 0.15) is 17.4 Å². The Morgan fingerprint density at radius 2 is 2.06 bits per heavy atom. The highest BCUT2D eigenvalue weighted by atomic mass is 35.5. The number of ether oxygens (including phenoxy) is 2. The number of methoxy groups -OCH3 is 2. The highest BCUT2D eigenvalue weighted by molar-refractivity contribution is 6.32. The van der Waals surface area contributed by atoms with E-state index in [2.05, 4.69) is 11.4 Å². The Hall–Kier alpha value is -3.57. The smallest absolute Gasteiger partial charge is 0.249 e. The number of carbonyl (C=O) groups excluding carboxylic acids is 2. The molecule has 1 aliphatic rings. The van der Waals surface area contributed by atoms with E-state index < -0.39 is 17.4 Å².